The predicted molar refractivity (Wildman–Crippen MR) is 78.0 cm³/mol. The summed E-state index contributed by atoms with van der Waals surface area (Å²) in [6.07, 6.45) is 1.89. The first kappa shape index (κ1) is 15.2. The highest BCUT2D eigenvalue weighted by Crippen LogP contribution is 2.28. The van der Waals surface area contributed by atoms with Gasteiger partial charge in [-0.2, -0.15) is 0 Å². The molecule has 102 valence electrons. The van der Waals surface area contributed by atoms with Crippen molar-refractivity contribution in [3.05, 3.63) is 34.4 Å². The van der Waals surface area contributed by atoms with Gasteiger partial charge in [0, 0.05) is 6.04 Å². The molecule has 2 rings (SSSR count). The summed E-state index contributed by atoms with van der Waals surface area (Å²) in [6.45, 7) is 11.3. The van der Waals surface area contributed by atoms with Gasteiger partial charge >= 0.3 is 0 Å². The van der Waals surface area contributed by atoms with Crippen LogP contribution in [-0.2, 0) is 0 Å². The van der Waals surface area contributed by atoms with Gasteiger partial charge in [0.2, 0.25) is 0 Å². The van der Waals surface area contributed by atoms with Gasteiger partial charge in [-0.1, -0.05) is 31.5 Å². The van der Waals surface area contributed by atoms with Gasteiger partial charge in [0.1, 0.15) is 0 Å². The van der Waals surface area contributed by atoms with Crippen LogP contribution in [-0.4, -0.2) is 17.7 Å². The van der Waals surface area contributed by atoms with Crippen molar-refractivity contribution in [2.24, 2.45) is 0 Å². The third-order valence-corrected chi connectivity index (χ3v) is 3.51. The van der Waals surface area contributed by atoms with E-state index in [-0.39, 0.29) is 12.1 Å². The third-order valence-electron chi connectivity index (χ3n) is 3.51. The standard InChI is InChI=1S/C14H21NO.C2H6/c1-9-7-10(2)13(11(3)8-9)14(16)12-5-4-6-15-12;1-2/h7-8,12,14-16H,4-6H2,1-3H3;1-2H3. The van der Waals surface area contributed by atoms with E-state index in [0.717, 1.165) is 18.5 Å². The molecule has 1 aliphatic rings. The maximum Gasteiger partial charge on any atom is 0.0948 e. The zero-order valence-electron chi connectivity index (χ0n) is 12.4. The molecule has 1 aliphatic heterocycles. The summed E-state index contributed by atoms with van der Waals surface area (Å²) in [5.41, 5.74) is 4.80. The average Bonchev–Trinajstić information content (AvgIpc) is 2.83. The average molecular weight is 249 g/mol. The van der Waals surface area contributed by atoms with Crippen LogP contribution in [0.15, 0.2) is 12.1 Å². The number of rotatable bonds is 2. The van der Waals surface area contributed by atoms with Crippen molar-refractivity contribution in [2.45, 2.75) is 59.6 Å². The van der Waals surface area contributed by atoms with E-state index in [9.17, 15) is 5.11 Å². The van der Waals surface area contributed by atoms with Crippen LogP contribution in [0, 0.1) is 20.8 Å². The first-order valence-corrected chi connectivity index (χ1v) is 7.09. The van der Waals surface area contributed by atoms with Gasteiger partial charge in [-0.15, -0.1) is 0 Å². The predicted octanol–water partition coefficient (Wildman–Crippen LogP) is 3.42. The lowest BCUT2D eigenvalue weighted by Crippen LogP contribution is -2.29. The lowest BCUT2D eigenvalue weighted by Gasteiger charge is -2.23. The number of aliphatic hydroxyl groups excluding tert-OH is 1. The van der Waals surface area contributed by atoms with E-state index in [1.165, 1.54) is 23.1 Å². The monoisotopic (exact) mass is 249 g/mol. The van der Waals surface area contributed by atoms with Crippen molar-refractivity contribution in [1.29, 1.82) is 0 Å². The summed E-state index contributed by atoms with van der Waals surface area (Å²) in [4.78, 5) is 0. The van der Waals surface area contributed by atoms with Gasteiger partial charge < -0.3 is 10.4 Å². The molecule has 1 heterocycles. The van der Waals surface area contributed by atoms with E-state index in [4.69, 9.17) is 0 Å². The fourth-order valence-electron chi connectivity index (χ4n) is 2.84. The normalized spacial score (nSPS) is 20.2. The summed E-state index contributed by atoms with van der Waals surface area (Å²) >= 11 is 0. The molecular formula is C16H27NO. The highest BCUT2D eigenvalue weighted by atomic mass is 16.3. The van der Waals surface area contributed by atoms with Crippen molar-refractivity contribution in [2.75, 3.05) is 6.54 Å². The zero-order valence-corrected chi connectivity index (χ0v) is 12.4. The third kappa shape index (κ3) is 3.33. The Balaban J connectivity index is 0.000000771. The zero-order chi connectivity index (χ0) is 13.7. The van der Waals surface area contributed by atoms with Crippen LogP contribution in [0.25, 0.3) is 0 Å². The molecule has 2 nitrogen and oxygen atoms in total. The molecule has 18 heavy (non-hydrogen) atoms. The molecule has 1 fully saturated rings. The molecule has 0 aliphatic carbocycles. The molecule has 1 aromatic carbocycles. The minimum absolute atomic E-state index is 0.236. The summed E-state index contributed by atoms with van der Waals surface area (Å²) in [6, 6.07) is 4.54. The van der Waals surface area contributed by atoms with Crippen LogP contribution in [0.5, 0.6) is 0 Å². The summed E-state index contributed by atoms with van der Waals surface area (Å²) in [5, 5.41) is 13.8. The Hall–Kier alpha value is -0.860. The van der Waals surface area contributed by atoms with E-state index in [2.05, 4.69) is 38.2 Å². The quantitative estimate of drug-likeness (QED) is 0.841. The lowest BCUT2D eigenvalue weighted by atomic mass is 9.91. The van der Waals surface area contributed by atoms with Gasteiger partial charge in [-0.3, -0.25) is 0 Å². The van der Waals surface area contributed by atoms with Gasteiger partial charge in [-0.25, -0.2) is 0 Å². The second kappa shape index (κ2) is 6.91. The van der Waals surface area contributed by atoms with Gasteiger partial charge in [0.15, 0.2) is 0 Å². The molecule has 0 spiro atoms. The number of aliphatic hydroxyl groups is 1. The number of aryl methyl sites for hydroxylation is 3. The molecule has 0 aromatic heterocycles. The van der Waals surface area contributed by atoms with Crippen molar-refractivity contribution >= 4 is 0 Å². The molecule has 2 N–H and O–H groups in total. The number of hydrogen-bond acceptors (Lipinski definition) is 2. The van der Waals surface area contributed by atoms with E-state index in [1.54, 1.807) is 0 Å². The van der Waals surface area contributed by atoms with Crippen molar-refractivity contribution in [3.63, 3.8) is 0 Å². The molecule has 1 aromatic rings. The summed E-state index contributed by atoms with van der Waals surface area (Å²) in [7, 11) is 0. The van der Waals surface area contributed by atoms with Crippen molar-refractivity contribution in [1.82, 2.24) is 5.32 Å². The van der Waals surface area contributed by atoms with Crippen LogP contribution in [0.4, 0.5) is 0 Å². The highest BCUT2D eigenvalue weighted by Gasteiger charge is 2.26. The molecule has 0 amide bonds. The Morgan fingerprint density at radius 1 is 1.17 bits per heavy atom. The molecule has 0 radical (unpaired) electrons. The number of benzene rings is 1. The fraction of sp³-hybridized carbons (Fsp3) is 0.625. The number of hydrogen-bond donors (Lipinski definition) is 2. The van der Waals surface area contributed by atoms with E-state index in [1.807, 2.05) is 13.8 Å². The molecule has 0 bridgehead atoms. The SMILES string of the molecule is CC.Cc1cc(C)c(C(O)C2CCCN2)c(C)c1. The molecule has 2 unspecified atom stereocenters. The van der Waals surface area contributed by atoms with Crippen molar-refractivity contribution in [3.8, 4) is 0 Å². The maximum absolute atomic E-state index is 10.4. The Morgan fingerprint density at radius 3 is 2.17 bits per heavy atom. The second-order valence-electron chi connectivity index (χ2n) is 4.96. The maximum atomic E-state index is 10.4. The smallest absolute Gasteiger partial charge is 0.0948 e. The largest absolute Gasteiger partial charge is 0.387 e. The van der Waals surface area contributed by atoms with E-state index >= 15 is 0 Å². The topological polar surface area (TPSA) is 32.3 Å². The van der Waals surface area contributed by atoms with Crippen LogP contribution < -0.4 is 5.32 Å². The second-order valence-corrected chi connectivity index (χ2v) is 4.96. The molecule has 2 heteroatoms. The summed E-state index contributed by atoms with van der Waals surface area (Å²) < 4.78 is 0. The van der Waals surface area contributed by atoms with Crippen LogP contribution in [0.2, 0.25) is 0 Å². The minimum atomic E-state index is -0.358. The van der Waals surface area contributed by atoms with Gasteiger partial charge in [-0.05, 0) is 56.8 Å². The van der Waals surface area contributed by atoms with E-state index in [0.29, 0.717) is 0 Å². The molecular weight excluding hydrogens is 222 g/mol. The highest BCUT2D eigenvalue weighted by molar-refractivity contribution is 5.39. The van der Waals surface area contributed by atoms with Crippen LogP contribution >= 0.6 is 0 Å². The van der Waals surface area contributed by atoms with Crippen LogP contribution in [0.3, 0.4) is 0 Å². The Kier molecular flexibility index (Phi) is 5.83. The molecule has 2 atom stereocenters. The molecule has 0 saturated carbocycles. The van der Waals surface area contributed by atoms with Gasteiger partial charge in [0.05, 0.1) is 6.10 Å². The molecule has 1 saturated heterocycles. The van der Waals surface area contributed by atoms with Crippen LogP contribution in [0.1, 0.15) is 55.0 Å². The summed E-state index contributed by atoms with van der Waals surface area (Å²) in [5.74, 6) is 0. The Labute approximate surface area is 111 Å². The number of nitrogens with one attached hydrogen (secondary N) is 1. The Bertz CT molecular complexity index is 358. The van der Waals surface area contributed by atoms with Crippen molar-refractivity contribution < 1.29 is 5.11 Å². The lowest BCUT2D eigenvalue weighted by molar-refractivity contribution is 0.136. The first-order valence-electron chi connectivity index (χ1n) is 7.09. The first-order chi connectivity index (χ1) is 8.59. The van der Waals surface area contributed by atoms with E-state index < -0.39 is 0 Å². The fourth-order valence-corrected chi connectivity index (χ4v) is 2.84. The minimum Gasteiger partial charge on any atom is -0.387 e. The van der Waals surface area contributed by atoms with Gasteiger partial charge in [0.25, 0.3) is 0 Å². The Morgan fingerprint density at radius 2 is 1.72 bits per heavy atom.